The number of amides is 1. The van der Waals surface area contributed by atoms with Crippen molar-refractivity contribution in [3.8, 4) is 0 Å². The molecule has 1 saturated heterocycles. The second-order valence-electron chi connectivity index (χ2n) is 5.07. The van der Waals surface area contributed by atoms with E-state index in [2.05, 4.69) is 5.16 Å². The maximum absolute atomic E-state index is 11.7. The Morgan fingerprint density at radius 1 is 1.44 bits per heavy atom. The van der Waals surface area contributed by atoms with Gasteiger partial charge in [-0.2, -0.15) is 0 Å². The van der Waals surface area contributed by atoms with E-state index in [0.717, 1.165) is 12.8 Å². The average molecular weight is 228 g/mol. The van der Waals surface area contributed by atoms with Gasteiger partial charge in [-0.15, -0.1) is 5.16 Å². The summed E-state index contributed by atoms with van der Waals surface area (Å²) in [5, 5.41) is 11.4. The van der Waals surface area contributed by atoms with E-state index in [9.17, 15) is 4.79 Å². The third kappa shape index (κ3) is 4.08. The summed E-state index contributed by atoms with van der Waals surface area (Å²) in [6, 6.07) is 0. The van der Waals surface area contributed by atoms with E-state index in [-0.39, 0.29) is 12.0 Å². The highest BCUT2D eigenvalue weighted by atomic mass is 16.6. The first-order valence-electron chi connectivity index (χ1n) is 5.58. The summed E-state index contributed by atoms with van der Waals surface area (Å²) >= 11 is 0. The minimum absolute atomic E-state index is 0.258. The van der Waals surface area contributed by atoms with E-state index in [1.165, 1.54) is 6.21 Å². The molecule has 16 heavy (non-hydrogen) atoms. The van der Waals surface area contributed by atoms with Gasteiger partial charge in [0.25, 0.3) is 0 Å². The summed E-state index contributed by atoms with van der Waals surface area (Å²) < 4.78 is 5.28. The van der Waals surface area contributed by atoms with Gasteiger partial charge in [0.2, 0.25) is 0 Å². The number of hydrogen-bond donors (Lipinski definition) is 1. The zero-order chi connectivity index (χ0) is 12.2. The SMILES string of the molecule is CC(C)(C)OC(=O)N1CCC(/C=N/O)CC1. The van der Waals surface area contributed by atoms with E-state index < -0.39 is 5.60 Å². The molecule has 0 aliphatic carbocycles. The zero-order valence-corrected chi connectivity index (χ0v) is 10.1. The number of ether oxygens (including phenoxy) is 1. The van der Waals surface area contributed by atoms with Crippen LogP contribution >= 0.6 is 0 Å². The lowest BCUT2D eigenvalue weighted by Gasteiger charge is -2.32. The molecule has 0 aromatic rings. The molecule has 0 unspecified atom stereocenters. The van der Waals surface area contributed by atoms with Crippen molar-refractivity contribution in [3.63, 3.8) is 0 Å². The fraction of sp³-hybridized carbons (Fsp3) is 0.818. The Morgan fingerprint density at radius 3 is 2.44 bits per heavy atom. The third-order valence-electron chi connectivity index (χ3n) is 2.47. The van der Waals surface area contributed by atoms with E-state index in [0.29, 0.717) is 13.1 Å². The molecule has 5 heteroatoms. The minimum Gasteiger partial charge on any atom is -0.444 e. The Labute approximate surface area is 96.1 Å². The van der Waals surface area contributed by atoms with Crippen molar-refractivity contribution in [2.45, 2.75) is 39.2 Å². The van der Waals surface area contributed by atoms with Crippen molar-refractivity contribution < 1.29 is 14.7 Å². The van der Waals surface area contributed by atoms with Gasteiger partial charge in [0.15, 0.2) is 0 Å². The Balaban J connectivity index is 2.39. The summed E-state index contributed by atoms with van der Waals surface area (Å²) in [5.41, 5.74) is -0.444. The van der Waals surface area contributed by atoms with Gasteiger partial charge in [-0.1, -0.05) is 0 Å². The maximum Gasteiger partial charge on any atom is 0.410 e. The van der Waals surface area contributed by atoms with Crippen LogP contribution in [0.2, 0.25) is 0 Å². The summed E-state index contributed by atoms with van der Waals surface area (Å²) in [6.45, 7) is 6.89. The molecule has 0 bridgehead atoms. The van der Waals surface area contributed by atoms with Gasteiger partial charge in [0.1, 0.15) is 5.60 Å². The van der Waals surface area contributed by atoms with Gasteiger partial charge in [-0.05, 0) is 33.6 Å². The summed E-state index contributed by atoms with van der Waals surface area (Å²) in [5.74, 6) is 0.267. The van der Waals surface area contributed by atoms with Crippen molar-refractivity contribution in [3.05, 3.63) is 0 Å². The topological polar surface area (TPSA) is 62.1 Å². The normalized spacial score (nSPS) is 19.1. The van der Waals surface area contributed by atoms with Crippen molar-refractivity contribution in [1.29, 1.82) is 0 Å². The second-order valence-corrected chi connectivity index (χ2v) is 5.07. The van der Waals surface area contributed by atoms with Gasteiger partial charge in [0, 0.05) is 25.2 Å². The highest BCUT2D eigenvalue weighted by Gasteiger charge is 2.26. The number of rotatable bonds is 1. The average Bonchev–Trinajstić information content (AvgIpc) is 2.16. The lowest BCUT2D eigenvalue weighted by atomic mass is 9.99. The van der Waals surface area contributed by atoms with Gasteiger partial charge in [-0.25, -0.2) is 4.79 Å². The number of nitrogens with zero attached hydrogens (tertiary/aromatic N) is 2. The molecular weight excluding hydrogens is 208 g/mol. The van der Waals surface area contributed by atoms with Crippen LogP contribution in [0.5, 0.6) is 0 Å². The molecule has 0 saturated carbocycles. The lowest BCUT2D eigenvalue weighted by Crippen LogP contribution is -2.41. The van der Waals surface area contributed by atoms with E-state index >= 15 is 0 Å². The summed E-state index contributed by atoms with van der Waals surface area (Å²) in [7, 11) is 0. The predicted octanol–water partition coefficient (Wildman–Crippen LogP) is 2.09. The molecule has 1 heterocycles. The number of oxime groups is 1. The monoisotopic (exact) mass is 228 g/mol. The molecule has 1 N–H and O–H groups in total. The highest BCUT2D eigenvalue weighted by molar-refractivity contribution is 5.69. The molecule has 1 amide bonds. The molecule has 1 fully saturated rings. The standard InChI is InChI=1S/C11H20N2O3/c1-11(2,3)16-10(14)13-6-4-9(5-7-13)8-12-15/h8-9,15H,4-7H2,1-3H3/b12-8+. The van der Waals surface area contributed by atoms with Crippen molar-refractivity contribution >= 4 is 12.3 Å². The first-order chi connectivity index (χ1) is 7.42. The number of likely N-dealkylation sites (tertiary alicyclic amines) is 1. The molecule has 0 spiro atoms. The van der Waals surface area contributed by atoms with Crippen LogP contribution in [-0.2, 0) is 4.74 Å². The second kappa shape index (κ2) is 5.18. The summed E-state index contributed by atoms with van der Waals surface area (Å²) in [4.78, 5) is 13.4. The van der Waals surface area contributed by atoms with Crippen LogP contribution < -0.4 is 0 Å². The fourth-order valence-electron chi connectivity index (χ4n) is 1.65. The Kier molecular flexibility index (Phi) is 4.15. The highest BCUT2D eigenvalue weighted by Crippen LogP contribution is 2.18. The van der Waals surface area contributed by atoms with Gasteiger partial charge >= 0.3 is 6.09 Å². The van der Waals surface area contributed by atoms with Crippen LogP contribution in [0.15, 0.2) is 5.16 Å². The van der Waals surface area contributed by atoms with Gasteiger partial charge in [0.05, 0.1) is 0 Å². The van der Waals surface area contributed by atoms with Gasteiger partial charge < -0.3 is 14.8 Å². The van der Waals surface area contributed by atoms with Gasteiger partial charge in [-0.3, -0.25) is 0 Å². The number of hydrogen-bond acceptors (Lipinski definition) is 4. The third-order valence-corrected chi connectivity index (χ3v) is 2.47. The van der Waals surface area contributed by atoms with Crippen LogP contribution in [0.25, 0.3) is 0 Å². The predicted molar refractivity (Wildman–Crippen MR) is 60.8 cm³/mol. The first-order valence-corrected chi connectivity index (χ1v) is 5.58. The van der Waals surface area contributed by atoms with E-state index in [1.807, 2.05) is 20.8 Å². The molecular formula is C11H20N2O3. The minimum atomic E-state index is -0.444. The molecule has 92 valence electrons. The lowest BCUT2D eigenvalue weighted by molar-refractivity contribution is 0.0202. The van der Waals surface area contributed by atoms with Crippen LogP contribution in [0.4, 0.5) is 4.79 Å². The van der Waals surface area contributed by atoms with Crippen molar-refractivity contribution in [1.82, 2.24) is 4.90 Å². The number of piperidine rings is 1. The van der Waals surface area contributed by atoms with E-state index in [4.69, 9.17) is 9.94 Å². The van der Waals surface area contributed by atoms with Crippen molar-refractivity contribution in [2.75, 3.05) is 13.1 Å². The Bertz CT molecular complexity index is 263. The zero-order valence-electron chi connectivity index (χ0n) is 10.1. The molecule has 0 atom stereocenters. The molecule has 5 nitrogen and oxygen atoms in total. The Hall–Kier alpha value is -1.26. The fourth-order valence-corrected chi connectivity index (χ4v) is 1.65. The quantitative estimate of drug-likeness (QED) is 0.424. The molecule has 1 rings (SSSR count). The van der Waals surface area contributed by atoms with Crippen LogP contribution in [0.3, 0.4) is 0 Å². The van der Waals surface area contributed by atoms with Crippen molar-refractivity contribution in [2.24, 2.45) is 11.1 Å². The molecule has 0 aromatic heterocycles. The molecule has 0 aromatic carbocycles. The number of carbonyl (C=O) groups is 1. The number of carbonyl (C=O) groups excluding carboxylic acids is 1. The molecule has 1 aliphatic heterocycles. The van der Waals surface area contributed by atoms with Crippen LogP contribution in [-0.4, -0.2) is 41.1 Å². The van der Waals surface area contributed by atoms with Crippen LogP contribution in [0.1, 0.15) is 33.6 Å². The largest absolute Gasteiger partial charge is 0.444 e. The first kappa shape index (κ1) is 12.8. The summed E-state index contributed by atoms with van der Waals surface area (Å²) in [6.07, 6.45) is 2.92. The molecule has 0 radical (unpaired) electrons. The molecule has 1 aliphatic rings. The maximum atomic E-state index is 11.7. The Morgan fingerprint density at radius 2 is 2.00 bits per heavy atom. The van der Waals surface area contributed by atoms with E-state index in [1.54, 1.807) is 4.90 Å². The van der Waals surface area contributed by atoms with Crippen LogP contribution in [0, 0.1) is 5.92 Å². The smallest absolute Gasteiger partial charge is 0.410 e.